The van der Waals surface area contributed by atoms with Crippen molar-refractivity contribution in [2.45, 2.75) is 25.8 Å². The number of carboxylic acid groups (broad SMARTS) is 1. The van der Waals surface area contributed by atoms with E-state index in [2.05, 4.69) is 10.6 Å². The Morgan fingerprint density at radius 1 is 1.50 bits per heavy atom. The molecule has 1 rings (SSSR count). The van der Waals surface area contributed by atoms with Crippen LogP contribution < -0.4 is 16.4 Å². The molecule has 0 spiro atoms. The minimum atomic E-state index is -0.842. The summed E-state index contributed by atoms with van der Waals surface area (Å²) >= 11 is 0. The first-order chi connectivity index (χ1) is 7.27. The standard InChI is InChI=1S/C10H19N3O3/c1-9(2,8(11)16)4-13-10(3-7(14)15)5-12-6-10/h12-13H,3-6H2,1-2H3,(H2,11,16)(H,14,15). The molecule has 0 aromatic rings. The van der Waals surface area contributed by atoms with E-state index >= 15 is 0 Å². The van der Waals surface area contributed by atoms with E-state index in [4.69, 9.17) is 10.8 Å². The summed E-state index contributed by atoms with van der Waals surface area (Å²) in [6.07, 6.45) is 0.0504. The first kappa shape index (κ1) is 12.9. The molecule has 6 nitrogen and oxygen atoms in total. The van der Waals surface area contributed by atoms with E-state index < -0.39 is 22.8 Å². The number of rotatable bonds is 6. The van der Waals surface area contributed by atoms with Crippen LogP contribution in [0.2, 0.25) is 0 Å². The number of amides is 1. The second-order valence-corrected chi connectivity index (χ2v) is 5.06. The lowest BCUT2D eigenvalue weighted by Crippen LogP contribution is -2.69. The van der Waals surface area contributed by atoms with Crippen molar-refractivity contribution >= 4 is 11.9 Å². The molecule has 92 valence electrons. The van der Waals surface area contributed by atoms with E-state index in [-0.39, 0.29) is 6.42 Å². The van der Waals surface area contributed by atoms with Crippen molar-refractivity contribution in [2.75, 3.05) is 19.6 Å². The zero-order valence-electron chi connectivity index (χ0n) is 9.67. The van der Waals surface area contributed by atoms with Crippen molar-refractivity contribution in [2.24, 2.45) is 11.1 Å². The Morgan fingerprint density at radius 3 is 2.38 bits per heavy atom. The maximum absolute atomic E-state index is 11.1. The average Bonchev–Trinajstić information content (AvgIpc) is 2.08. The van der Waals surface area contributed by atoms with Gasteiger partial charge in [-0.15, -0.1) is 0 Å². The van der Waals surface area contributed by atoms with Crippen LogP contribution in [-0.4, -0.2) is 42.2 Å². The van der Waals surface area contributed by atoms with Crippen molar-refractivity contribution in [1.82, 2.24) is 10.6 Å². The monoisotopic (exact) mass is 229 g/mol. The lowest BCUT2D eigenvalue weighted by molar-refractivity contribution is -0.139. The molecule has 0 saturated carbocycles. The van der Waals surface area contributed by atoms with Crippen molar-refractivity contribution in [3.8, 4) is 0 Å². The molecule has 0 radical (unpaired) electrons. The highest BCUT2D eigenvalue weighted by Crippen LogP contribution is 2.19. The second kappa shape index (κ2) is 4.39. The van der Waals surface area contributed by atoms with E-state index in [9.17, 15) is 9.59 Å². The van der Waals surface area contributed by atoms with Crippen LogP contribution in [0.5, 0.6) is 0 Å². The number of carboxylic acids is 1. The molecule has 0 atom stereocenters. The van der Waals surface area contributed by atoms with Gasteiger partial charge in [0, 0.05) is 19.6 Å². The fraction of sp³-hybridized carbons (Fsp3) is 0.800. The normalized spacial score (nSPS) is 18.9. The van der Waals surface area contributed by atoms with Gasteiger partial charge in [-0.25, -0.2) is 0 Å². The lowest BCUT2D eigenvalue weighted by atomic mass is 9.85. The molecule has 0 aliphatic carbocycles. The summed E-state index contributed by atoms with van der Waals surface area (Å²) < 4.78 is 0. The summed E-state index contributed by atoms with van der Waals surface area (Å²) in [5.41, 5.74) is 4.15. The van der Waals surface area contributed by atoms with Crippen LogP contribution in [0.4, 0.5) is 0 Å². The van der Waals surface area contributed by atoms with Gasteiger partial charge in [-0.3, -0.25) is 9.59 Å². The third-order valence-corrected chi connectivity index (χ3v) is 2.99. The molecule has 1 fully saturated rings. The van der Waals surface area contributed by atoms with Gasteiger partial charge >= 0.3 is 5.97 Å². The molecule has 0 aromatic heterocycles. The molecule has 16 heavy (non-hydrogen) atoms. The number of carbonyl (C=O) groups excluding carboxylic acids is 1. The largest absolute Gasteiger partial charge is 0.481 e. The van der Waals surface area contributed by atoms with Crippen LogP contribution in [0.15, 0.2) is 0 Å². The fourth-order valence-corrected chi connectivity index (χ4v) is 1.52. The minimum Gasteiger partial charge on any atom is -0.481 e. The third kappa shape index (κ3) is 2.93. The molecule has 1 amide bonds. The quantitative estimate of drug-likeness (QED) is 0.463. The number of aliphatic carboxylic acids is 1. The highest BCUT2D eigenvalue weighted by Gasteiger charge is 2.40. The smallest absolute Gasteiger partial charge is 0.305 e. The van der Waals surface area contributed by atoms with E-state index in [0.29, 0.717) is 19.6 Å². The molecule has 1 aliphatic rings. The summed E-state index contributed by atoms with van der Waals surface area (Å²) in [6, 6.07) is 0. The predicted octanol–water partition coefficient (Wildman–Crippen LogP) is -1.10. The number of hydrogen-bond acceptors (Lipinski definition) is 4. The van der Waals surface area contributed by atoms with Gasteiger partial charge in [0.15, 0.2) is 0 Å². The van der Waals surface area contributed by atoms with Crippen LogP contribution in [0.1, 0.15) is 20.3 Å². The van der Waals surface area contributed by atoms with Crippen LogP contribution in [0.25, 0.3) is 0 Å². The number of nitrogens with two attached hydrogens (primary N) is 1. The van der Waals surface area contributed by atoms with Gasteiger partial charge in [0.2, 0.25) is 5.91 Å². The first-order valence-electron chi connectivity index (χ1n) is 5.25. The van der Waals surface area contributed by atoms with Gasteiger partial charge in [-0.1, -0.05) is 0 Å². The van der Waals surface area contributed by atoms with Gasteiger partial charge in [-0.2, -0.15) is 0 Å². The maximum Gasteiger partial charge on any atom is 0.305 e. The highest BCUT2D eigenvalue weighted by molar-refractivity contribution is 5.80. The minimum absolute atomic E-state index is 0.0504. The molecule has 1 heterocycles. The fourth-order valence-electron chi connectivity index (χ4n) is 1.52. The SMILES string of the molecule is CC(C)(CNC1(CC(=O)O)CNC1)C(N)=O. The summed E-state index contributed by atoms with van der Waals surface area (Å²) in [7, 11) is 0. The third-order valence-electron chi connectivity index (χ3n) is 2.99. The van der Waals surface area contributed by atoms with Crippen LogP contribution in [0.3, 0.4) is 0 Å². The molecular formula is C10H19N3O3. The van der Waals surface area contributed by atoms with Crippen LogP contribution >= 0.6 is 0 Å². The van der Waals surface area contributed by atoms with Gasteiger partial charge in [0.25, 0.3) is 0 Å². The summed E-state index contributed by atoms with van der Waals surface area (Å²) in [6.45, 7) is 5.07. The summed E-state index contributed by atoms with van der Waals surface area (Å²) in [4.78, 5) is 21.8. The van der Waals surface area contributed by atoms with E-state index in [0.717, 1.165) is 0 Å². The lowest BCUT2D eigenvalue weighted by Gasteiger charge is -2.44. The Morgan fingerprint density at radius 2 is 2.06 bits per heavy atom. The van der Waals surface area contributed by atoms with Gasteiger partial charge in [-0.05, 0) is 13.8 Å². The van der Waals surface area contributed by atoms with Crippen molar-refractivity contribution in [3.05, 3.63) is 0 Å². The van der Waals surface area contributed by atoms with E-state index in [1.807, 2.05) is 0 Å². The zero-order chi connectivity index (χ0) is 12.4. The van der Waals surface area contributed by atoms with Crippen molar-refractivity contribution < 1.29 is 14.7 Å². The predicted molar refractivity (Wildman–Crippen MR) is 58.8 cm³/mol. The Hall–Kier alpha value is -1.14. The van der Waals surface area contributed by atoms with Crippen LogP contribution in [-0.2, 0) is 9.59 Å². The number of primary amides is 1. The van der Waals surface area contributed by atoms with E-state index in [1.54, 1.807) is 13.8 Å². The summed E-state index contributed by atoms with van der Waals surface area (Å²) in [5.74, 6) is -1.23. The second-order valence-electron chi connectivity index (χ2n) is 5.06. The molecule has 1 saturated heterocycles. The topological polar surface area (TPSA) is 104 Å². The zero-order valence-corrected chi connectivity index (χ0v) is 9.67. The Kier molecular flexibility index (Phi) is 3.54. The van der Waals surface area contributed by atoms with Crippen molar-refractivity contribution in [3.63, 3.8) is 0 Å². The van der Waals surface area contributed by atoms with Gasteiger partial charge < -0.3 is 21.5 Å². The maximum atomic E-state index is 11.1. The first-order valence-corrected chi connectivity index (χ1v) is 5.25. The Labute approximate surface area is 94.6 Å². The molecule has 1 aliphatic heterocycles. The van der Waals surface area contributed by atoms with Crippen molar-refractivity contribution in [1.29, 1.82) is 0 Å². The number of hydrogen-bond donors (Lipinski definition) is 4. The van der Waals surface area contributed by atoms with Crippen LogP contribution in [0, 0.1) is 5.41 Å². The Bertz CT molecular complexity index is 298. The Balaban J connectivity index is 2.52. The number of nitrogens with one attached hydrogen (secondary N) is 2. The molecule has 6 heteroatoms. The molecule has 0 unspecified atom stereocenters. The highest BCUT2D eigenvalue weighted by atomic mass is 16.4. The van der Waals surface area contributed by atoms with Gasteiger partial charge in [0.1, 0.15) is 0 Å². The van der Waals surface area contributed by atoms with E-state index in [1.165, 1.54) is 0 Å². The molecule has 0 bridgehead atoms. The molecular weight excluding hydrogens is 210 g/mol. The molecule has 0 aromatic carbocycles. The average molecular weight is 229 g/mol. The molecule has 5 N–H and O–H groups in total. The summed E-state index contributed by atoms with van der Waals surface area (Å²) in [5, 5.41) is 15.0. The number of carbonyl (C=O) groups is 2. The van der Waals surface area contributed by atoms with Gasteiger partial charge in [0.05, 0.1) is 17.4 Å².